The number of fused-ring (bicyclic) bond motifs is 1. The minimum atomic E-state index is -0.369. The number of thiocyanates is 1. The topological polar surface area (TPSA) is 90.3 Å². The molecule has 0 unspecified atom stereocenters. The number of nitriles is 1. The van der Waals surface area contributed by atoms with Gasteiger partial charge in [0.1, 0.15) is 5.40 Å². The van der Waals surface area contributed by atoms with Crippen molar-refractivity contribution in [2.45, 2.75) is 11.3 Å². The molecule has 1 heterocycles. The fourth-order valence-corrected chi connectivity index (χ4v) is 2.92. The zero-order chi connectivity index (χ0) is 17.8. The smallest absolute Gasteiger partial charge is 0.261 e. The second-order valence-electron chi connectivity index (χ2n) is 5.32. The normalized spacial score (nSPS) is 12.7. The van der Waals surface area contributed by atoms with Crippen LogP contribution in [0.15, 0.2) is 53.4 Å². The van der Waals surface area contributed by atoms with Gasteiger partial charge in [0.05, 0.1) is 11.1 Å². The van der Waals surface area contributed by atoms with Gasteiger partial charge in [-0.15, -0.1) is 0 Å². The summed E-state index contributed by atoms with van der Waals surface area (Å²) in [6.45, 7) is 0.0283. The Morgan fingerprint density at radius 3 is 2.20 bits per heavy atom. The van der Waals surface area contributed by atoms with Gasteiger partial charge in [-0.25, -0.2) is 0 Å². The van der Waals surface area contributed by atoms with Crippen molar-refractivity contribution in [3.05, 3.63) is 59.7 Å². The van der Waals surface area contributed by atoms with Gasteiger partial charge in [0.15, 0.2) is 0 Å². The molecule has 0 saturated carbocycles. The van der Waals surface area contributed by atoms with Gasteiger partial charge >= 0.3 is 0 Å². The molecule has 1 aliphatic heterocycles. The van der Waals surface area contributed by atoms with E-state index < -0.39 is 0 Å². The summed E-state index contributed by atoms with van der Waals surface area (Å²) in [5, 5.41) is 13.3. The van der Waals surface area contributed by atoms with Crippen LogP contribution in [0.5, 0.6) is 0 Å². The van der Waals surface area contributed by atoms with Crippen molar-refractivity contribution in [1.29, 1.82) is 5.26 Å². The molecule has 0 spiro atoms. The molecule has 0 bridgehead atoms. The Morgan fingerprint density at radius 2 is 1.64 bits per heavy atom. The Labute approximate surface area is 148 Å². The van der Waals surface area contributed by atoms with E-state index in [1.165, 1.54) is 0 Å². The molecule has 2 aromatic rings. The first-order valence-corrected chi connectivity index (χ1v) is 8.33. The highest BCUT2D eigenvalue weighted by atomic mass is 32.2. The van der Waals surface area contributed by atoms with Crippen LogP contribution in [-0.4, -0.2) is 29.2 Å². The van der Waals surface area contributed by atoms with Crippen molar-refractivity contribution in [3.8, 4) is 5.40 Å². The molecular formula is C18H13N3O3S. The number of anilines is 1. The first-order chi connectivity index (χ1) is 12.1. The van der Waals surface area contributed by atoms with E-state index in [2.05, 4.69) is 5.32 Å². The number of hydrogen-bond acceptors (Lipinski definition) is 5. The Kier molecular flexibility index (Phi) is 4.82. The van der Waals surface area contributed by atoms with E-state index in [4.69, 9.17) is 5.26 Å². The van der Waals surface area contributed by atoms with Gasteiger partial charge < -0.3 is 5.32 Å². The van der Waals surface area contributed by atoms with E-state index in [0.29, 0.717) is 16.8 Å². The Balaban J connectivity index is 1.57. The molecular weight excluding hydrogens is 338 g/mol. The quantitative estimate of drug-likeness (QED) is 0.508. The fourth-order valence-electron chi connectivity index (χ4n) is 2.54. The monoisotopic (exact) mass is 351 g/mol. The Bertz CT molecular complexity index is 852. The number of nitrogens with zero attached hydrogens (tertiary/aromatic N) is 2. The lowest BCUT2D eigenvalue weighted by Gasteiger charge is -2.13. The lowest BCUT2D eigenvalue weighted by Crippen LogP contribution is -2.32. The van der Waals surface area contributed by atoms with Gasteiger partial charge in [0.25, 0.3) is 11.8 Å². The minimum absolute atomic E-state index is 0.0141. The lowest BCUT2D eigenvalue weighted by atomic mass is 10.1. The van der Waals surface area contributed by atoms with Crippen LogP contribution in [0.2, 0.25) is 0 Å². The number of rotatable bonds is 5. The van der Waals surface area contributed by atoms with E-state index in [1.54, 1.807) is 48.5 Å². The summed E-state index contributed by atoms with van der Waals surface area (Å²) in [6, 6.07) is 13.5. The largest absolute Gasteiger partial charge is 0.326 e. The van der Waals surface area contributed by atoms with Crippen LogP contribution in [0.25, 0.3) is 0 Å². The first kappa shape index (κ1) is 16.7. The van der Waals surface area contributed by atoms with Crippen molar-refractivity contribution >= 4 is 35.2 Å². The molecule has 7 heteroatoms. The number of thioether (sulfide) groups is 1. The number of carbonyl (C=O) groups is 3. The molecule has 6 nitrogen and oxygen atoms in total. The Morgan fingerprint density at radius 1 is 1.04 bits per heavy atom. The van der Waals surface area contributed by atoms with Crippen molar-refractivity contribution < 1.29 is 14.4 Å². The van der Waals surface area contributed by atoms with Gasteiger partial charge in [-0.3, -0.25) is 19.3 Å². The van der Waals surface area contributed by atoms with Gasteiger partial charge in [0, 0.05) is 23.5 Å². The molecule has 0 fully saturated rings. The van der Waals surface area contributed by atoms with Crippen LogP contribution in [-0.2, 0) is 4.79 Å². The molecule has 3 rings (SSSR count). The maximum atomic E-state index is 12.2. The highest BCUT2D eigenvalue weighted by Crippen LogP contribution is 2.23. The average molecular weight is 351 g/mol. The number of benzene rings is 2. The SMILES string of the molecule is N#CSc1ccc(NC(=O)CCN2C(=O)c3ccccc3C2=O)cc1. The molecule has 1 N–H and O–H groups in total. The molecule has 124 valence electrons. The Hall–Kier alpha value is -3.11. The van der Waals surface area contributed by atoms with Gasteiger partial charge in [-0.05, 0) is 48.2 Å². The summed E-state index contributed by atoms with van der Waals surface area (Å²) in [5.41, 5.74) is 1.34. The molecule has 0 radical (unpaired) electrons. The van der Waals surface area contributed by atoms with Crippen molar-refractivity contribution in [2.75, 3.05) is 11.9 Å². The third-order valence-electron chi connectivity index (χ3n) is 3.74. The van der Waals surface area contributed by atoms with E-state index >= 15 is 0 Å². The summed E-state index contributed by atoms with van der Waals surface area (Å²) in [6.07, 6.45) is 0.0141. The van der Waals surface area contributed by atoms with Gasteiger partial charge in [-0.1, -0.05) is 12.1 Å². The summed E-state index contributed by atoms with van der Waals surface area (Å²) in [7, 11) is 0. The maximum absolute atomic E-state index is 12.2. The molecule has 3 amide bonds. The third-order valence-corrected chi connectivity index (χ3v) is 4.34. The van der Waals surface area contributed by atoms with Crippen LogP contribution >= 0.6 is 11.8 Å². The zero-order valence-corrected chi connectivity index (χ0v) is 13.9. The standard InChI is InChI=1S/C18H13N3O3S/c19-11-25-13-7-5-12(6-8-13)20-16(22)9-10-21-17(23)14-3-1-2-4-15(14)18(21)24/h1-8H,9-10H2,(H,20,22). The van der Waals surface area contributed by atoms with Gasteiger partial charge in [0.2, 0.25) is 5.91 Å². The van der Waals surface area contributed by atoms with E-state index in [1.807, 2.05) is 5.40 Å². The molecule has 0 saturated heterocycles. The van der Waals surface area contributed by atoms with E-state index in [9.17, 15) is 14.4 Å². The van der Waals surface area contributed by atoms with E-state index in [0.717, 1.165) is 21.6 Å². The molecule has 2 aromatic carbocycles. The number of amides is 3. The second-order valence-corrected chi connectivity index (χ2v) is 6.18. The number of hydrogen-bond donors (Lipinski definition) is 1. The first-order valence-electron chi connectivity index (χ1n) is 7.51. The van der Waals surface area contributed by atoms with Crippen molar-refractivity contribution in [1.82, 2.24) is 4.90 Å². The molecule has 0 aromatic heterocycles. The fraction of sp³-hybridized carbons (Fsp3) is 0.111. The average Bonchev–Trinajstić information content (AvgIpc) is 2.86. The predicted molar refractivity (Wildman–Crippen MR) is 93.0 cm³/mol. The van der Waals surface area contributed by atoms with Crippen LogP contribution < -0.4 is 5.32 Å². The summed E-state index contributed by atoms with van der Waals surface area (Å²) in [4.78, 5) is 38.4. The number of imide groups is 1. The number of nitrogens with one attached hydrogen (secondary N) is 1. The highest BCUT2D eigenvalue weighted by molar-refractivity contribution is 8.03. The number of carbonyl (C=O) groups excluding carboxylic acids is 3. The van der Waals surface area contributed by atoms with Crippen LogP contribution in [0.3, 0.4) is 0 Å². The van der Waals surface area contributed by atoms with E-state index in [-0.39, 0.29) is 30.7 Å². The van der Waals surface area contributed by atoms with Crippen molar-refractivity contribution in [2.24, 2.45) is 0 Å². The minimum Gasteiger partial charge on any atom is -0.326 e. The summed E-state index contributed by atoms with van der Waals surface area (Å²) in [5.74, 6) is -1.03. The summed E-state index contributed by atoms with van der Waals surface area (Å²) >= 11 is 1.04. The van der Waals surface area contributed by atoms with Crippen LogP contribution in [0.4, 0.5) is 5.69 Å². The van der Waals surface area contributed by atoms with Crippen molar-refractivity contribution in [3.63, 3.8) is 0 Å². The highest BCUT2D eigenvalue weighted by Gasteiger charge is 2.34. The summed E-state index contributed by atoms with van der Waals surface area (Å²) < 4.78 is 0. The molecule has 25 heavy (non-hydrogen) atoms. The lowest BCUT2D eigenvalue weighted by molar-refractivity contribution is -0.116. The molecule has 1 aliphatic rings. The molecule has 0 aliphatic carbocycles. The van der Waals surface area contributed by atoms with Crippen LogP contribution in [0.1, 0.15) is 27.1 Å². The third kappa shape index (κ3) is 3.54. The van der Waals surface area contributed by atoms with Crippen LogP contribution in [0, 0.1) is 10.7 Å². The predicted octanol–water partition coefficient (Wildman–Crippen LogP) is 2.88. The zero-order valence-electron chi connectivity index (χ0n) is 13.1. The molecule has 0 atom stereocenters. The second kappa shape index (κ2) is 7.20. The maximum Gasteiger partial charge on any atom is 0.261 e. The van der Waals surface area contributed by atoms with Gasteiger partial charge in [-0.2, -0.15) is 5.26 Å².